The summed E-state index contributed by atoms with van der Waals surface area (Å²) in [4.78, 5) is 11.4. The first-order valence-corrected chi connectivity index (χ1v) is 6.09. The van der Waals surface area contributed by atoms with Crippen LogP contribution in [0.4, 0.5) is 0 Å². The Kier molecular flexibility index (Phi) is 5.09. The highest BCUT2D eigenvalue weighted by molar-refractivity contribution is 5.77. The molecule has 0 heterocycles. The van der Waals surface area contributed by atoms with Gasteiger partial charge in [0.2, 0.25) is 5.91 Å². The van der Waals surface area contributed by atoms with Crippen molar-refractivity contribution in [3.63, 3.8) is 0 Å². The standard InChI is InChI=1S/C12H24N2O/c1-9(2)6-7-13-12(15)8-14-10(3)11-4-5-11/h9-11,14H,4-8H2,1-3H3,(H,13,15). The maximum absolute atomic E-state index is 11.4. The van der Waals surface area contributed by atoms with Crippen LogP contribution in [0.15, 0.2) is 0 Å². The van der Waals surface area contributed by atoms with Gasteiger partial charge in [-0.25, -0.2) is 0 Å². The van der Waals surface area contributed by atoms with E-state index in [0.29, 0.717) is 18.5 Å². The van der Waals surface area contributed by atoms with E-state index in [9.17, 15) is 4.79 Å². The van der Waals surface area contributed by atoms with Crippen molar-refractivity contribution >= 4 is 5.91 Å². The molecule has 0 saturated heterocycles. The van der Waals surface area contributed by atoms with Gasteiger partial charge in [-0.15, -0.1) is 0 Å². The summed E-state index contributed by atoms with van der Waals surface area (Å²) in [5.41, 5.74) is 0. The molecule has 3 heteroatoms. The third-order valence-electron chi connectivity index (χ3n) is 2.96. The molecule has 0 aliphatic heterocycles. The van der Waals surface area contributed by atoms with Gasteiger partial charge < -0.3 is 10.6 Å². The highest BCUT2D eigenvalue weighted by Crippen LogP contribution is 2.32. The summed E-state index contributed by atoms with van der Waals surface area (Å²) in [6.07, 6.45) is 3.70. The second kappa shape index (κ2) is 6.11. The monoisotopic (exact) mass is 212 g/mol. The first-order chi connectivity index (χ1) is 7.09. The molecule has 0 aromatic rings. The van der Waals surface area contributed by atoms with Gasteiger partial charge in [-0.05, 0) is 38.0 Å². The minimum Gasteiger partial charge on any atom is -0.355 e. The molecule has 1 amide bonds. The minimum absolute atomic E-state index is 0.128. The molecule has 3 nitrogen and oxygen atoms in total. The summed E-state index contributed by atoms with van der Waals surface area (Å²) in [6.45, 7) is 7.77. The van der Waals surface area contributed by atoms with Crippen molar-refractivity contribution in [3.05, 3.63) is 0 Å². The molecule has 1 rings (SSSR count). The van der Waals surface area contributed by atoms with Crippen LogP contribution in [-0.2, 0) is 4.79 Å². The van der Waals surface area contributed by atoms with Gasteiger partial charge in [0, 0.05) is 12.6 Å². The number of nitrogens with one attached hydrogen (secondary N) is 2. The Labute approximate surface area is 93.0 Å². The van der Waals surface area contributed by atoms with Gasteiger partial charge >= 0.3 is 0 Å². The summed E-state index contributed by atoms with van der Waals surface area (Å²) < 4.78 is 0. The molecule has 1 aliphatic rings. The summed E-state index contributed by atoms with van der Waals surface area (Å²) in [7, 11) is 0. The Hall–Kier alpha value is -0.570. The largest absolute Gasteiger partial charge is 0.355 e. The molecule has 1 atom stereocenters. The molecule has 0 spiro atoms. The Morgan fingerprint density at radius 2 is 2.00 bits per heavy atom. The molecular formula is C12H24N2O. The first-order valence-electron chi connectivity index (χ1n) is 6.09. The molecule has 88 valence electrons. The van der Waals surface area contributed by atoms with E-state index >= 15 is 0 Å². The molecule has 1 saturated carbocycles. The van der Waals surface area contributed by atoms with E-state index in [1.54, 1.807) is 0 Å². The van der Waals surface area contributed by atoms with Gasteiger partial charge in [0.25, 0.3) is 0 Å². The zero-order valence-corrected chi connectivity index (χ0v) is 10.2. The van der Waals surface area contributed by atoms with Crippen LogP contribution in [0.3, 0.4) is 0 Å². The molecular weight excluding hydrogens is 188 g/mol. The van der Waals surface area contributed by atoms with Crippen LogP contribution in [0.5, 0.6) is 0 Å². The number of hydrogen-bond acceptors (Lipinski definition) is 2. The highest BCUT2D eigenvalue weighted by Gasteiger charge is 2.27. The fourth-order valence-corrected chi connectivity index (χ4v) is 1.58. The molecule has 0 radical (unpaired) electrons. The van der Waals surface area contributed by atoms with Gasteiger partial charge in [0.05, 0.1) is 6.54 Å². The lowest BCUT2D eigenvalue weighted by molar-refractivity contribution is -0.120. The first kappa shape index (κ1) is 12.5. The summed E-state index contributed by atoms with van der Waals surface area (Å²) >= 11 is 0. The van der Waals surface area contributed by atoms with Gasteiger partial charge in [-0.3, -0.25) is 4.79 Å². The van der Waals surface area contributed by atoms with E-state index < -0.39 is 0 Å². The molecule has 2 N–H and O–H groups in total. The van der Waals surface area contributed by atoms with Crippen LogP contribution in [0.1, 0.15) is 40.0 Å². The maximum atomic E-state index is 11.4. The summed E-state index contributed by atoms with van der Waals surface area (Å²) in [5, 5.41) is 6.20. The molecule has 1 aliphatic carbocycles. The average molecular weight is 212 g/mol. The molecule has 15 heavy (non-hydrogen) atoms. The van der Waals surface area contributed by atoms with E-state index in [4.69, 9.17) is 0 Å². The molecule has 0 aromatic carbocycles. The number of carbonyl (C=O) groups excluding carboxylic acids is 1. The van der Waals surface area contributed by atoms with Crippen LogP contribution < -0.4 is 10.6 Å². The van der Waals surface area contributed by atoms with E-state index in [0.717, 1.165) is 18.9 Å². The third-order valence-corrected chi connectivity index (χ3v) is 2.96. The Balaban J connectivity index is 1.97. The van der Waals surface area contributed by atoms with Gasteiger partial charge in [0.15, 0.2) is 0 Å². The second-order valence-electron chi connectivity index (χ2n) is 5.04. The predicted octanol–water partition coefficient (Wildman–Crippen LogP) is 1.54. The molecule has 1 unspecified atom stereocenters. The summed E-state index contributed by atoms with van der Waals surface area (Å²) in [6, 6.07) is 0.501. The van der Waals surface area contributed by atoms with E-state index in [1.165, 1.54) is 12.8 Å². The van der Waals surface area contributed by atoms with E-state index in [1.807, 2.05) is 0 Å². The maximum Gasteiger partial charge on any atom is 0.233 e. The van der Waals surface area contributed by atoms with Crippen molar-refractivity contribution in [3.8, 4) is 0 Å². The smallest absolute Gasteiger partial charge is 0.233 e. The topological polar surface area (TPSA) is 41.1 Å². The van der Waals surface area contributed by atoms with Crippen molar-refractivity contribution in [2.45, 2.75) is 46.1 Å². The zero-order valence-electron chi connectivity index (χ0n) is 10.2. The van der Waals surface area contributed by atoms with Gasteiger partial charge in [-0.2, -0.15) is 0 Å². The molecule has 0 bridgehead atoms. The van der Waals surface area contributed by atoms with Crippen molar-refractivity contribution in [2.75, 3.05) is 13.1 Å². The number of carbonyl (C=O) groups is 1. The molecule has 0 aromatic heterocycles. The fourth-order valence-electron chi connectivity index (χ4n) is 1.58. The minimum atomic E-state index is 0.128. The van der Waals surface area contributed by atoms with Crippen LogP contribution in [0.2, 0.25) is 0 Å². The van der Waals surface area contributed by atoms with E-state index in [-0.39, 0.29) is 5.91 Å². The lowest BCUT2D eigenvalue weighted by Crippen LogP contribution is -2.39. The van der Waals surface area contributed by atoms with Gasteiger partial charge in [-0.1, -0.05) is 13.8 Å². The summed E-state index contributed by atoms with van der Waals surface area (Å²) in [5.74, 6) is 1.60. The highest BCUT2D eigenvalue weighted by atomic mass is 16.1. The third kappa shape index (κ3) is 5.78. The fraction of sp³-hybridized carbons (Fsp3) is 0.917. The number of amides is 1. The predicted molar refractivity (Wildman–Crippen MR) is 62.7 cm³/mol. The van der Waals surface area contributed by atoms with Crippen molar-refractivity contribution in [1.29, 1.82) is 0 Å². The van der Waals surface area contributed by atoms with Gasteiger partial charge in [0.1, 0.15) is 0 Å². The van der Waals surface area contributed by atoms with Crippen molar-refractivity contribution in [1.82, 2.24) is 10.6 Å². The number of rotatable bonds is 7. The van der Waals surface area contributed by atoms with Crippen LogP contribution in [-0.4, -0.2) is 25.0 Å². The van der Waals surface area contributed by atoms with E-state index in [2.05, 4.69) is 31.4 Å². The van der Waals surface area contributed by atoms with Crippen molar-refractivity contribution < 1.29 is 4.79 Å². The average Bonchev–Trinajstić information content (AvgIpc) is 2.96. The van der Waals surface area contributed by atoms with Crippen LogP contribution in [0, 0.1) is 11.8 Å². The Morgan fingerprint density at radius 1 is 1.33 bits per heavy atom. The van der Waals surface area contributed by atoms with Crippen LogP contribution >= 0.6 is 0 Å². The zero-order chi connectivity index (χ0) is 11.3. The lowest BCUT2D eigenvalue weighted by atomic mass is 10.1. The van der Waals surface area contributed by atoms with Crippen molar-refractivity contribution in [2.24, 2.45) is 11.8 Å². The second-order valence-corrected chi connectivity index (χ2v) is 5.04. The Bertz CT molecular complexity index is 200. The van der Waals surface area contributed by atoms with Crippen LogP contribution in [0.25, 0.3) is 0 Å². The Morgan fingerprint density at radius 3 is 2.53 bits per heavy atom. The quantitative estimate of drug-likeness (QED) is 0.672. The SMILES string of the molecule is CC(C)CCNC(=O)CNC(C)C1CC1. The number of hydrogen-bond donors (Lipinski definition) is 2. The lowest BCUT2D eigenvalue weighted by Gasteiger charge is -2.12. The molecule has 1 fully saturated rings. The normalized spacial score (nSPS) is 17.9.